The first kappa shape index (κ1) is 12.0. The van der Waals surface area contributed by atoms with Crippen molar-refractivity contribution >= 4 is 16.9 Å². The lowest BCUT2D eigenvalue weighted by molar-refractivity contribution is 0.0253. The second kappa shape index (κ2) is 5.73. The lowest BCUT2D eigenvalue weighted by Crippen LogP contribution is -2.47. The van der Waals surface area contributed by atoms with Crippen LogP contribution in [-0.2, 0) is 4.74 Å². The van der Waals surface area contributed by atoms with Crippen molar-refractivity contribution in [3.63, 3.8) is 0 Å². The molecule has 0 saturated carbocycles. The van der Waals surface area contributed by atoms with Gasteiger partial charge in [-0.1, -0.05) is 42.1 Å². The smallest absolute Gasteiger partial charge is 0.171 e. The fourth-order valence-corrected chi connectivity index (χ4v) is 3.07. The van der Waals surface area contributed by atoms with Crippen LogP contribution in [0.4, 0.5) is 0 Å². The summed E-state index contributed by atoms with van der Waals surface area (Å²) >= 11 is 1.80. The molecule has 1 fully saturated rings. The van der Waals surface area contributed by atoms with E-state index in [9.17, 15) is 0 Å². The van der Waals surface area contributed by atoms with Crippen molar-refractivity contribution in [2.45, 2.75) is 6.04 Å². The Bertz CT molecular complexity index is 418. The van der Waals surface area contributed by atoms with Crippen LogP contribution in [0.15, 0.2) is 35.3 Å². The zero-order valence-corrected chi connectivity index (χ0v) is 11.0. The van der Waals surface area contributed by atoms with Gasteiger partial charge in [-0.3, -0.25) is 10.4 Å². The normalized spacial score (nSPS) is 24.9. The van der Waals surface area contributed by atoms with Gasteiger partial charge in [0.25, 0.3) is 0 Å². The Labute approximate surface area is 111 Å². The highest BCUT2D eigenvalue weighted by molar-refractivity contribution is 8.14. The highest BCUT2D eigenvalue weighted by Gasteiger charge is 2.21. The molecule has 1 unspecified atom stereocenters. The molecule has 0 bridgehead atoms. The van der Waals surface area contributed by atoms with Crippen molar-refractivity contribution in [2.75, 3.05) is 32.1 Å². The number of amidine groups is 1. The van der Waals surface area contributed by atoms with Crippen LogP contribution in [0.25, 0.3) is 0 Å². The van der Waals surface area contributed by atoms with Crippen LogP contribution in [-0.4, -0.2) is 42.2 Å². The number of benzene rings is 1. The molecule has 1 saturated heterocycles. The third kappa shape index (κ3) is 2.85. The van der Waals surface area contributed by atoms with Crippen molar-refractivity contribution in [3.8, 4) is 0 Å². The van der Waals surface area contributed by atoms with E-state index in [0.717, 1.165) is 37.2 Å². The van der Waals surface area contributed by atoms with Crippen molar-refractivity contribution in [1.82, 2.24) is 10.4 Å². The van der Waals surface area contributed by atoms with Gasteiger partial charge in [0.2, 0.25) is 0 Å². The first-order chi connectivity index (χ1) is 8.92. The molecule has 0 spiro atoms. The second-order valence-electron chi connectivity index (χ2n) is 4.38. The molecule has 1 aromatic carbocycles. The van der Waals surface area contributed by atoms with Gasteiger partial charge in [-0.05, 0) is 5.56 Å². The van der Waals surface area contributed by atoms with Crippen LogP contribution in [0.1, 0.15) is 11.6 Å². The molecule has 3 rings (SSSR count). The van der Waals surface area contributed by atoms with Gasteiger partial charge in [0.15, 0.2) is 5.17 Å². The summed E-state index contributed by atoms with van der Waals surface area (Å²) in [7, 11) is 0. The van der Waals surface area contributed by atoms with Gasteiger partial charge < -0.3 is 4.74 Å². The van der Waals surface area contributed by atoms with E-state index in [0.29, 0.717) is 6.04 Å². The molecule has 4 nitrogen and oxygen atoms in total. The molecule has 2 heterocycles. The minimum Gasteiger partial charge on any atom is -0.379 e. The van der Waals surface area contributed by atoms with E-state index >= 15 is 0 Å². The quantitative estimate of drug-likeness (QED) is 0.880. The molecule has 0 aliphatic carbocycles. The van der Waals surface area contributed by atoms with Crippen molar-refractivity contribution in [1.29, 1.82) is 0 Å². The molecule has 1 atom stereocenters. The van der Waals surface area contributed by atoms with Gasteiger partial charge in [-0.25, -0.2) is 5.01 Å². The molecular formula is C13H17N3OS. The Morgan fingerprint density at radius 1 is 1.22 bits per heavy atom. The molecule has 0 amide bonds. The summed E-state index contributed by atoms with van der Waals surface area (Å²) in [6.07, 6.45) is 0. The summed E-state index contributed by atoms with van der Waals surface area (Å²) in [4.78, 5) is 4.74. The first-order valence-electron chi connectivity index (χ1n) is 6.27. The van der Waals surface area contributed by atoms with E-state index in [1.165, 1.54) is 5.56 Å². The molecule has 18 heavy (non-hydrogen) atoms. The average Bonchev–Trinajstić information content (AvgIpc) is 2.89. The van der Waals surface area contributed by atoms with E-state index < -0.39 is 0 Å². The summed E-state index contributed by atoms with van der Waals surface area (Å²) in [6, 6.07) is 10.8. The molecule has 2 aliphatic rings. The highest BCUT2D eigenvalue weighted by Crippen LogP contribution is 2.29. The predicted molar refractivity (Wildman–Crippen MR) is 74.6 cm³/mol. The zero-order valence-electron chi connectivity index (χ0n) is 10.2. The van der Waals surface area contributed by atoms with Gasteiger partial charge >= 0.3 is 0 Å². The number of nitrogens with one attached hydrogen (secondary N) is 1. The van der Waals surface area contributed by atoms with E-state index in [2.05, 4.69) is 34.7 Å². The Hall–Kier alpha value is -1.04. The number of hydrogen-bond acceptors (Lipinski definition) is 5. The molecule has 5 heteroatoms. The van der Waals surface area contributed by atoms with Crippen molar-refractivity contribution in [3.05, 3.63) is 35.9 Å². The van der Waals surface area contributed by atoms with Crippen LogP contribution >= 0.6 is 11.8 Å². The summed E-state index contributed by atoms with van der Waals surface area (Å²) < 4.78 is 5.33. The van der Waals surface area contributed by atoms with E-state index in [4.69, 9.17) is 9.73 Å². The number of aliphatic imine (C=N–C) groups is 1. The van der Waals surface area contributed by atoms with Gasteiger partial charge in [-0.15, -0.1) is 0 Å². The summed E-state index contributed by atoms with van der Waals surface area (Å²) in [5.41, 5.74) is 4.68. The zero-order chi connectivity index (χ0) is 12.2. The Balaban J connectivity index is 1.61. The lowest BCUT2D eigenvalue weighted by Gasteiger charge is -2.27. The fraction of sp³-hybridized carbons (Fsp3) is 0.462. The number of ether oxygens (including phenoxy) is 1. The van der Waals surface area contributed by atoms with Gasteiger partial charge in [-0.2, -0.15) is 0 Å². The third-order valence-electron chi connectivity index (χ3n) is 3.10. The average molecular weight is 263 g/mol. The number of thioether (sulfide) groups is 1. The number of hydrogen-bond donors (Lipinski definition) is 1. The number of nitrogens with zero attached hydrogens (tertiary/aromatic N) is 2. The molecule has 0 aromatic heterocycles. The number of morpholine rings is 1. The standard InChI is InChI=1S/C13H17N3OS/c1-2-4-11(5-3-1)12-10-18-13(14-12)15-16-6-8-17-9-7-16/h1-5,12H,6-10H2,(H,14,15). The minimum atomic E-state index is 0.291. The van der Waals surface area contributed by atoms with Gasteiger partial charge in [0.05, 0.1) is 19.3 Å². The Morgan fingerprint density at radius 2 is 2.00 bits per heavy atom. The summed E-state index contributed by atoms with van der Waals surface area (Å²) in [5, 5.41) is 3.22. The van der Waals surface area contributed by atoms with E-state index in [1.54, 1.807) is 11.8 Å². The molecular weight excluding hydrogens is 246 g/mol. The maximum Gasteiger partial charge on any atom is 0.171 e. The molecule has 0 radical (unpaired) electrons. The molecule has 96 valence electrons. The number of rotatable bonds is 2. The first-order valence-corrected chi connectivity index (χ1v) is 7.25. The summed E-state index contributed by atoms with van der Waals surface area (Å²) in [5.74, 6) is 1.02. The van der Waals surface area contributed by atoms with Crippen molar-refractivity contribution < 1.29 is 4.74 Å². The third-order valence-corrected chi connectivity index (χ3v) is 4.05. The Kier molecular flexibility index (Phi) is 3.83. The SMILES string of the molecule is c1ccc(C2CSC(NN3CCOCC3)=N2)cc1. The number of hydrazine groups is 1. The fourth-order valence-electron chi connectivity index (χ4n) is 2.09. The van der Waals surface area contributed by atoms with Crippen LogP contribution in [0, 0.1) is 0 Å². The van der Waals surface area contributed by atoms with Crippen LogP contribution < -0.4 is 5.43 Å². The van der Waals surface area contributed by atoms with Crippen LogP contribution in [0.2, 0.25) is 0 Å². The van der Waals surface area contributed by atoms with Crippen molar-refractivity contribution in [2.24, 2.45) is 4.99 Å². The maximum absolute atomic E-state index is 5.33. The second-order valence-corrected chi connectivity index (χ2v) is 5.39. The lowest BCUT2D eigenvalue weighted by atomic mass is 10.1. The van der Waals surface area contributed by atoms with E-state index in [-0.39, 0.29) is 0 Å². The van der Waals surface area contributed by atoms with Crippen LogP contribution in [0.3, 0.4) is 0 Å². The topological polar surface area (TPSA) is 36.9 Å². The maximum atomic E-state index is 5.33. The molecule has 2 aliphatic heterocycles. The highest BCUT2D eigenvalue weighted by atomic mass is 32.2. The predicted octanol–water partition coefficient (Wildman–Crippen LogP) is 1.67. The molecule has 1 aromatic rings. The monoisotopic (exact) mass is 263 g/mol. The summed E-state index contributed by atoms with van der Waals surface area (Å²) in [6.45, 7) is 3.45. The minimum absolute atomic E-state index is 0.291. The van der Waals surface area contributed by atoms with Gasteiger partial charge in [0, 0.05) is 18.8 Å². The van der Waals surface area contributed by atoms with E-state index in [1.807, 2.05) is 6.07 Å². The molecule has 1 N–H and O–H groups in total. The van der Waals surface area contributed by atoms with Gasteiger partial charge in [0.1, 0.15) is 0 Å². The largest absolute Gasteiger partial charge is 0.379 e. The van der Waals surface area contributed by atoms with Crippen LogP contribution in [0.5, 0.6) is 0 Å². The Morgan fingerprint density at radius 3 is 2.78 bits per heavy atom.